The minimum Gasteiger partial charge on any atom is -0.306 e. The third-order valence-corrected chi connectivity index (χ3v) is 19.4. The van der Waals surface area contributed by atoms with E-state index in [2.05, 4.69) is 353 Å². The third-order valence-electron chi connectivity index (χ3n) is 19.4. The molecule has 0 radical (unpaired) electrons. The largest absolute Gasteiger partial charge is 0.306 e. The first-order valence-electron chi connectivity index (χ1n) is 32.8. The molecule has 5 nitrogen and oxygen atoms in total. The second-order valence-electron chi connectivity index (χ2n) is 24.8. The molecule has 450 valence electrons. The molecule has 0 fully saturated rings. The Balaban J connectivity index is 1.08. The van der Waals surface area contributed by atoms with E-state index in [9.17, 15) is 5.26 Å². The summed E-state index contributed by atoms with van der Waals surface area (Å²) in [5.74, 6) is 3.56. The van der Waals surface area contributed by atoms with E-state index in [0.717, 1.165) is 166 Å². The minimum absolute atomic E-state index is 0.389. The Labute approximate surface area is 561 Å². The van der Waals surface area contributed by atoms with Crippen LogP contribution in [0, 0.1) is 23.7 Å². The Kier molecular flexibility index (Phi) is 13.6. The molecule has 0 aliphatic rings. The fraction of sp³-hybridized carbons (Fsp3) is 0. The third kappa shape index (κ3) is 9.53. The van der Waals surface area contributed by atoms with Gasteiger partial charge >= 0.3 is 0 Å². The van der Waals surface area contributed by atoms with E-state index in [1.54, 1.807) is 0 Å². The van der Waals surface area contributed by atoms with Gasteiger partial charge in [0, 0.05) is 49.0 Å². The van der Waals surface area contributed by atoms with Crippen LogP contribution >= 0.6 is 0 Å². The van der Waals surface area contributed by atoms with Crippen LogP contribution in [0.4, 0.5) is 0 Å². The molecule has 4 heterocycles. The monoisotopic (exact) mass is 1230 g/mol. The first-order valence-corrected chi connectivity index (χ1v) is 32.8. The molecule has 97 heavy (non-hydrogen) atoms. The highest BCUT2D eigenvalue weighted by atomic mass is 15.1. The van der Waals surface area contributed by atoms with Crippen molar-refractivity contribution in [2.24, 2.45) is 0 Å². The molecule has 0 N–H and O–H groups in total. The SMILES string of the molecule is C#Cc1ccc(-c2c(-n3c4ccc(-c5ccccc5)cc4c4cc(-c5ccccc5)ccc43)c(-c3ccccc3)nc(-n3c4ccc(-c5ccccc5)cc4c4cc(-c5ccccc5)ccc43)c2-n2c3ccc(-c4ccccc4)cc3c3cc(-c4ccccc4)ccc32)cc1C#N. The zero-order valence-corrected chi connectivity index (χ0v) is 52.6. The number of pyridine rings is 1. The van der Waals surface area contributed by atoms with Gasteiger partial charge in [-0.25, -0.2) is 4.98 Å². The van der Waals surface area contributed by atoms with Gasteiger partial charge in [-0.1, -0.05) is 261 Å². The lowest BCUT2D eigenvalue weighted by Gasteiger charge is -2.26. The van der Waals surface area contributed by atoms with Crippen molar-refractivity contribution in [2.45, 2.75) is 0 Å². The number of fused-ring (bicyclic) bond motifs is 9. The van der Waals surface area contributed by atoms with E-state index in [1.165, 1.54) is 0 Å². The van der Waals surface area contributed by atoms with E-state index >= 15 is 0 Å². The average molecular weight is 1230 g/mol. The van der Waals surface area contributed by atoms with E-state index < -0.39 is 0 Å². The van der Waals surface area contributed by atoms with E-state index in [-0.39, 0.29) is 0 Å². The van der Waals surface area contributed by atoms with Crippen LogP contribution in [-0.2, 0) is 0 Å². The highest BCUT2D eigenvalue weighted by Crippen LogP contribution is 2.51. The number of benzene rings is 14. The van der Waals surface area contributed by atoms with Crippen molar-refractivity contribution in [3.63, 3.8) is 0 Å². The molecule has 0 aliphatic heterocycles. The molecule has 0 spiro atoms. The molecule has 0 bridgehead atoms. The second kappa shape index (κ2) is 23.4. The number of hydrogen-bond acceptors (Lipinski definition) is 2. The van der Waals surface area contributed by atoms with Crippen molar-refractivity contribution in [3.8, 4) is 125 Å². The predicted molar refractivity (Wildman–Crippen MR) is 403 cm³/mol. The van der Waals surface area contributed by atoms with Gasteiger partial charge in [0.2, 0.25) is 0 Å². The first kappa shape index (κ1) is 56.4. The quantitative estimate of drug-likeness (QED) is 0.121. The fourth-order valence-electron chi connectivity index (χ4n) is 14.8. The summed E-state index contributed by atoms with van der Waals surface area (Å²) in [7, 11) is 0. The smallest absolute Gasteiger partial charge is 0.163 e. The van der Waals surface area contributed by atoms with E-state index in [1.807, 2.05) is 12.1 Å². The van der Waals surface area contributed by atoms with Crippen molar-refractivity contribution in [1.29, 1.82) is 5.26 Å². The Bertz CT molecular complexity index is 5920. The van der Waals surface area contributed by atoms with Crippen molar-refractivity contribution >= 4 is 65.4 Å². The van der Waals surface area contributed by atoms with Crippen LogP contribution in [0.3, 0.4) is 0 Å². The second-order valence-corrected chi connectivity index (χ2v) is 24.8. The lowest BCUT2D eigenvalue weighted by molar-refractivity contribution is 1.01. The molecule has 5 heteroatoms. The maximum absolute atomic E-state index is 11.4. The van der Waals surface area contributed by atoms with Gasteiger partial charge in [0.1, 0.15) is 6.07 Å². The van der Waals surface area contributed by atoms with Gasteiger partial charge in [0.05, 0.1) is 55.7 Å². The number of nitriles is 1. The van der Waals surface area contributed by atoms with Crippen LogP contribution in [0.5, 0.6) is 0 Å². The van der Waals surface area contributed by atoms with Crippen LogP contribution in [0.25, 0.3) is 172 Å². The zero-order chi connectivity index (χ0) is 64.5. The lowest BCUT2D eigenvalue weighted by atomic mass is 9.94. The van der Waals surface area contributed by atoms with Crippen molar-refractivity contribution in [2.75, 3.05) is 0 Å². The van der Waals surface area contributed by atoms with Gasteiger partial charge in [-0.15, -0.1) is 6.42 Å². The molecule has 0 saturated heterocycles. The molecular formula is C92H57N5. The first-order chi connectivity index (χ1) is 48.0. The summed E-state index contributed by atoms with van der Waals surface area (Å²) in [4.78, 5) is 6.43. The Morgan fingerprint density at radius 2 is 0.515 bits per heavy atom. The topological polar surface area (TPSA) is 51.5 Å². The summed E-state index contributed by atoms with van der Waals surface area (Å²) >= 11 is 0. The van der Waals surface area contributed by atoms with E-state index in [4.69, 9.17) is 11.4 Å². The summed E-state index contributed by atoms with van der Waals surface area (Å²) in [6.07, 6.45) is 6.36. The molecule has 0 aliphatic carbocycles. The predicted octanol–water partition coefficient (Wildman–Crippen LogP) is 23.6. The summed E-state index contributed by atoms with van der Waals surface area (Å²) in [6.45, 7) is 0. The van der Waals surface area contributed by atoms with Crippen LogP contribution in [-0.4, -0.2) is 18.7 Å². The van der Waals surface area contributed by atoms with Gasteiger partial charge < -0.3 is 9.13 Å². The molecular weight excluding hydrogens is 1180 g/mol. The molecule has 0 amide bonds. The highest BCUT2D eigenvalue weighted by Gasteiger charge is 2.32. The molecule has 0 saturated carbocycles. The van der Waals surface area contributed by atoms with Crippen molar-refractivity contribution in [1.82, 2.24) is 18.7 Å². The van der Waals surface area contributed by atoms with Gasteiger partial charge in [0.15, 0.2) is 5.82 Å². The number of aromatic nitrogens is 4. The summed E-state index contributed by atoms with van der Waals surface area (Å²) in [6, 6.07) is 124. The van der Waals surface area contributed by atoms with Crippen molar-refractivity contribution < 1.29 is 0 Å². The van der Waals surface area contributed by atoms with Crippen LogP contribution in [0.15, 0.2) is 340 Å². The maximum atomic E-state index is 11.4. The Morgan fingerprint density at radius 3 is 0.804 bits per heavy atom. The van der Waals surface area contributed by atoms with Gasteiger partial charge in [-0.2, -0.15) is 5.26 Å². The Hall–Kier alpha value is -13.3. The fourth-order valence-corrected chi connectivity index (χ4v) is 14.8. The Morgan fingerprint density at radius 1 is 0.247 bits per heavy atom. The zero-order valence-electron chi connectivity index (χ0n) is 52.6. The number of rotatable bonds is 11. The molecule has 4 aromatic heterocycles. The maximum Gasteiger partial charge on any atom is 0.163 e. The van der Waals surface area contributed by atoms with Gasteiger partial charge in [-0.05, 0) is 157 Å². The normalized spacial score (nSPS) is 11.5. The molecule has 18 rings (SSSR count). The van der Waals surface area contributed by atoms with Gasteiger partial charge in [-0.3, -0.25) is 4.57 Å². The van der Waals surface area contributed by atoms with Crippen LogP contribution in [0.1, 0.15) is 11.1 Å². The molecule has 18 aromatic rings. The summed E-state index contributed by atoms with van der Waals surface area (Å²) < 4.78 is 7.32. The summed E-state index contributed by atoms with van der Waals surface area (Å²) in [5, 5.41) is 17.8. The number of terminal acetylenes is 1. The number of hydrogen-bond donors (Lipinski definition) is 0. The van der Waals surface area contributed by atoms with Crippen LogP contribution in [0.2, 0.25) is 0 Å². The molecule has 0 unspecified atom stereocenters. The van der Waals surface area contributed by atoms with Gasteiger partial charge in [0.25, 0.3) is 0 Å². The number of nitrogens with zero attached hydrogens (tertiary/aromatic N) is 5. The highest BCUT2D eigenvalue weighted by molar-refractivity contribution is 6.17. The molecule has 0 atom stereocenters. The average Bonchev–Trinajstić information content (AvgIpc) is 1.59. The van der Waals surface area contributed by atoms with Crippen LogP contribution < -0.4 is 0 Å². The lowest BCUT2D eigenvalue weighted by Crippen LogP contribution is -2.13. The molecule has 14 aromatic carbocycles. The summed E-state index contributed by atoms with van der Waals surface area (Å²) in [5.41, 5.74) is 25.0. The minimum atomic E-state index is 0.389. The standard InChI is InChI=1S/C92H57N5/c1-2-60-38-39-74(52-75(60)59-93)88-90(95-82-46-40-68(61-24-10-3-11-25-61)53-76(82)77-54-69(41-47-83(77)95)62-26-12-4-13-27-62)89(67-36-22-9-23-37-67)94-92(97-86-50-44-72(65-32-18-7-19-33-65)57-80(86)81-58-73(45-51-87(81)97)66-34-20-8-21-35-66)91(88)96-84-48-42-70(63-28-14-5-15-29-63)55-78(84)79-56-71(43-49-85(79)96)64-30-16-6-17-31-64/h1,3-58H. The van der Waals surface area contributed by atoms with Crippen molar-refractivity contribution in [3.05, 3.63) is 351 Å². The van der Waals surface area contributed by atoms with E-state index in [0.29, 0.717) is 16.9 Å².